The zero-order valence-corrected chi connectivity index (χ0v) is 10.2. The van der Waals surface area contributed by atoms with Crippen LogP contribution in [0.25, 0.3) is 0 Å². The minimum atomic E-state index is -0.579. The van der Waals surface area contributed by atoms with E-state index in [2.05, 4.69) is 11.4 Å². The van der Waals surface area contributed by atoms with Crippen LogP contribution in [-0.2, 0) is 13.0 Å². The summed E-state index contributed by atoms with van der Waals surface area (Å²) in [6.45, 7) is 1.25. The van der Waals surface area contributed by atoms with E-state index < -0.39 is 11.6 Å². The summed E-state index contributed by atoms with van der Waals surface area (Å²) in [5.74, 6) is -0.227. The zero-order valence-electron chi connectivity index (χ0n) is 10.2. The van der Waals surface area contributed by atoms with E-state index in [0.717, 1.165) is 30.4 Å². The normalized spacial score (nSPS) is 12.9. The molecule has 0 aliphatic carbocycles. The molecular weight excluding hydrogens is 248 g/mol. The number of halogens is 2. The van der Waals surface area contributed by atoms with Gasteiger partial charge in [-0.3, -0.25) is 0 Å². The molecule has 1 heterocycles. The lowest BCUT2D eigenvalue weighted by Gasteiger charge is -2.08. The van der Waals surface area contributed by atoms with Gasteiger partial charge in [-0.1, -0.05) is 12.1 Å². The molecule has 0 radical (unpaired) electrons. The van der Waals surface area contributed by atoms with Crippen LogP contribution >= 0.6 is 0 Å². The molecule has 2 aromatic rings. The molecule has 0 amide bonds. The second kappa shape index (κ2) is 4.88. The number of hydrogen-bond acceptors (Lipinski definition) is 2. The first-order chi connectivity index (χ1) is 9.20. The molecule has 0 fully saturated rings. The van der Waals surface area contributed by atoms with Crippen LogP contribution in [0.3, 0.4) is 0 Å². The smallest absolute Gasteiger partial charge is 0.128 e. The largest absolute Gasteiger partial charge is 0.493 e. The van der Waals surface area contributed by atoms with Crippen molar-refractivity contribution >= 4 is 5.69 Å². The van der Waals surface area contributed by atoms with E-state index >= 15 is 0 Å². The Morgan fingerprint density at radius 2 is 1.84 bits per heavy atom. The SMILES string of the molecule is Fc1cc(F)cc(NCc2ccc3c(c2)CCO3)c1. The summed E-state index contributed by atoms with van der Waals surface area (Å²) in [4.78, 5) is 0. The van der Waals surface area contributed by atoms with Gasteiger partial charge in [-0.25, -0.2) is 8.78 Å². The molecule has 0 bridgehead atoms. The monoisotopic (exact) mass is 261 g/mol. The van der Waals surface area contributed by atoms with Crippen molar-refractivity contribution in [3.63, 3.8) is 0 Å². The number of fused-ring (bicyclic) bond motifs is 1. The lowest BCUT2D eigenvalue weighted by molar-refractivity contribution is 0.357. The maximum Gasteiger partial charge on any atom is 0.128 e. The Balaban J connectivity index is 1.72. The fourth-order valence-electron chi connectivity index (χ4n) is 2.21. The quantitative estimate of drug-likeness (QED) is 0.912. The third kappa shape index (κ3) is 2.67. The van der Waals surface area contributed by atoms with Gasteiger partial charge < -0.3 is 10.1 Å². The second-order valence-corrected chi connectivity index (χ2v) is 4.55. The summed E-state index contributed by atoms with van der Waals surface area (Å²) in [7, 11) is 0. The van der Waals surface area contributed by atoms with E-state index in [1.165, 1.54) is 17.7 Å². The van der Waals surface area contributed by atoms with Crippen LogP contribution in [-0.4, -0.2) is 6.61 Å². The van der Waals surface area contributed by atoms with Crippen molar-refractivity contribution in [2.24, 2.45) is 0 Å². The first kappa shape index (κ1) is 12.0. The molecule has 2 nitrogen and oxygen atoms in total. The van der Waals surface area contributed by atoms with Crippen molar-refractivity contribution in [1.82, 2.24) is 0 Å². The van der Waals surface area contributed by atoms with E-state index in [9.17, 15) is 8.78 Å². The highest BCUT2D eigenvalue weighted by atomic mass is 19.1. The van der Waals surface area contributed by atoms with Crippen molar-refractivity contribution in [3.8, 4) is 5.75 Å². The van der Waals surface area contributed by atoms with Gasteiger partial charge >= 0.3 is 0 Å². The van der Waals surface area contributed by atoms with Gasteiger partial charge in [0.15, 0.2) is 0 Å². The average Bonchev–Trinajstić information content (AvgIpc) is 2.82. The molecule has 1 aliphatic rings. The zero-order chi connectivity index (χ0) is 13.2. The van der Waals surface area contributed by atoms with Crippen molar-refractivity contribution in [3.05, 3.63) is 59.2 Å². The fourth-order valence-corrected chi connectivity index (χ4v) is 2.21. The van der Waals surface area contributed by atoms with Crippen LogP contribution in [0, 0.1) is 11.6 Å². The van der Waals surface area contributed by atoms with E-state index in [0.29, 0.717) is 12.2 Å². The highest BCUT2D eigenvalue weighted by molar-refractivity contribution is 5.46. The molecule has 0 atom stereocenters. The predicted molar refractivity (Wildman–Crippen MR) is 69.3 cm³/mol. The fraction of sp³-hybridized carbons (Fsp3) is 0.200. The number of hydrogen-bond donors (Lipinski definition) is 1. The maximum atomic E-state index is 13.0. The minimum absolute atomic E-state index is 0.439. The topological polar surface area (TPSA) is 21.3 Å². The summed E-state index contributed by atoms with van der Waals surface area (Å²) in [6, 6.07) is 9.36. The van der Waals surface area contributed by atoms with Gasteiger partial charge in [0.25, 0.3) is 0 Å². The number of anilines is 1. The number of benzene rings is 2. The molecule has 0 saturated carbocycles. The van der Waals surface area contributed by atoms with Crippen molar-refractivity contribution in [1.29, 1.82) is 0 Å². The third-order valence-electron chi connectivity index (χ3n) is 3.11. The summed E-state index contributed by atoms with van der Waals surface area (Å²) >= 11 is 0. The number of nitrogens with one attached hydrogen (secondary N) is 1. The summed E-state index contributed by atoms with van der Waals surface area (Å²) in [6.07, 6.45) is 0.914. The number of rotatable bonds is 3. The lowest BCUT2D eigenvalue weighted by Crippen LogP contribution is -2.00. The van der Waals surface area contributed by atoms with Crippen LogP contribution in [0.15, 0.2) is 36.4 Å². The van der Waals surface area contributed by atoms with E-state index in [-0.39, 0.29) is 0 Å². The molecule has 2 aromatic carbocycles. The molecule has 0 aromatic heterocycles. The molecule has 4 heteroatoms. The lowest BCUT2D eigenvalue weighted by atomic mass is 10.1. The van der Waals surface area contributed by atoms with Crippen molar-refractivity contribution in [2.75, 3.05) is 11.9 Å². The summed E-state index contributed by atoms with van der Waals surface area (Å²) < 4.78 is 31.5. The average molecular weight is 261 g/mol. The van der Waals surface area contributed by atoms with Crippen LogP contribution in [0.4, 0.5) is 14.5 Å². The van der Waals surface area contributed by atoms with Crippen LogP contribution in [0.5, 0.6) is 5.75 Å². The van der Waals surface area contributed by atoms with E-state index in [1.807, 2.05) is 12.1 Å². The standard InChI is InChI=1S/C15H13F2NO/c16-12-6-13(17)8-14(7-12)18-9-10-1-2-15-11(5-10)3-4-19-15/h1-2,5-8,18H,3-4,9H2. The summed E-state index contributed by atoms with van der Waals surface area (Å²) in [5.41, 5.74) is 2.69. The molecule has 0 unspecified atom stereocenters. The van der Waals surface area contributed by atoms with Gasteiger partial charge in [0.2, 0.25) is 0 Å². The Kier molecular flexibility index (Phi) is 3.07. The van der Waals surface area contributed by atoms with Crippen LogP contribution in [0.2, 0.25) is 0 Å². The van der Waals surface area contributed by atoms with Crippen molar-refractivity contribution in [2.45, 2.75) is 13.0 Å². The van der Waals surface area contributed by atoms with Gasteiger partial charge in [0.1, 0.15) is 17.4 Å². The maximum absolute atomic E-state index is 13.0. The molecule has 3 rings (SSSR count). The predicted octanol–water partition coefficient (Wildman–Crippen LogP) is 3.51. The number of ether oxygens (including phenoxy) is 1. The van der Waals surface area contributed by atoms with Crippen molar-refractivity contribution < 1.29 is 13.5 Å². The molecular formula is C15H13F2NO. The van der Waals surface area contributed by atoms with E-state index in [1.54, 1.807) is 0 Å². The molecule has 0 spiro atoms. The van der Waals surface area contributed by atoms with Gasteiger partial charge in [-0.15, -0.1) is 0 Å². The Morgan fingerprint density at radius 3 is 2.63 bits per heavy atom. The van der Waals surface area contributed by atoms with Gasteiger partial charge in [0.05, 0.1) is 6.61 Å². The first-order valence-electron chi connectivity index (χ1n) is 6.15. The third-order valence-corrected chi connectivity index (χ3v) is 3.11. The highest BCUT2D eigenvalue weighted by Crippen LogP contribution is 2.26. The highest BCUT2D eigenvalue weighted by Gasteiger charge is 2.11. The van der Waals surface area contributed by atoms with Crippen LogP contribution < -0.4 is 10.1 Å². The first-order valence-corrected chi connectivity index (χ1v) is 6.15. The minimum Gasteiger partial charge on any atom is -0.493 e. The van der Waals surface area contributed by atoms with Crippen LogP contribution in [0.1, 0.15) is 11.1 Å². The molecule has 1 N–H and O–H groups in total. The Morgan fingerprint density at radius 1 is 1.05 bits per heavy atom. The molecule has 98 valence electrons. The molecule has 19 heavy (non-hydrogen) atoms. The van der Waals surface area contributed by atoms with E-state index in [4.69, 9.17) is 4.74 Å². The summed E-state index contributed by atoms with van der Waals surface area (Å²) in [5, 5.41) is 3.01. The Labute approximate surface area is 110 Å². The van der Waals surface area contributed by atoms with Gasteiger partial charge in [-0.2, -0.15) is 0 Å². The Bertz CT molecular complexity index is 593. The van der Waals surface area contributed by atoms with Gasteiger partial charge in [0, 0.05) is 24.7 Å². The second-order valence-electron chi connectivity index (χ2n) is 4.55. The Hall–Kier alpha value is -2.10. The molecule has 0 saturated heterocycles. The van der Waals surface area contributed by atoms with Gasteiger partial charge in [-0.05, 0) is 29.3 Å². The molecule has 1 aliphatic heterocycles.